The molecule has 0 aliphatic carbocycles. The van der Waals surface area contributed by atoms with E-state index in [1.165, 1.54) is 24.5 Å². The summed E-state index contributed by atoms with van der Waals surface area (Å²) >= 11 is 0. The number of carboxylic acids is 1. The molecule has 0 aliphatic heterocycles. The summed E-state index contributed by atoms with van der Waals surface area (Å²) in [4.78, 5) is 27.0. The van der Waals surface area contributed by atoms with E-state index in [4.69, 9.17) is 14.6 Å². The van der Waals surface area contributed by atoms with Crippen LogP contribution in [-0.4, -0.2) is 28.8 Å². The van der Waals surface area contributed by atoms with E-state index in [0.717, 1.165) is 5.56 Å². The van der Waals surface area contributed by atoms with Crippen LogP contribution in [0.15, 0.2) is 48.7 Å². The zero-order valence-electron chi connectivity index (χ0n) is 13.6. The third-order valence-corrected chi connectivity index (χ3v) is 3.08. The number of anilines is 1. The van der Waals surface area contributed by atoms with Gasteiger partial charge < -0.3 is 14.6 Å². The smallest absolute Gasteiger partial charge is 0.412 e. The Morgan fingerprint density at radius 3 is 2.64 bits per heavy atom. The van der Waals surface area contributed by atoms with E-state index in [1.807, 2.05) is 37.3 Å². The van der Waals surface area contributed by atoms with Crippen molar-refractivity contribution < 1.29 is 24.2 Å². The molecule has 7 heteroatoms. The maximum Gasteiger partial charge on any atom is 0.412 e. The van der Waals surface area contributed by atoms with E-state index in [1.54, 1.807) is 0 Å². The minimum Gasteiger partial charge on any atom is -0.501 e. The van der Waals surface area contributed by atoms with E-state index < -0.39 is 12.1 Å². The highest BCUT2D eigenvalue weighted by Crippen LogP contribution is 2.17. The van der Waals surface area contributed by atoms with Crippen molar-refractivity contribution in [3.63, 3.8) is 0 Å². The number of hydrogen-bond donors (Lipinski definition) is 2. The molecule has 0 aliphatic rings. The Morgan fingerprint density at radius 2 is 1.96 bits per heavy atom. The Hall–Kier alpha value is -3.35. The van der Waals surface area contributed by atoms with Crippen molar-refractivity contribution in [1.82, 2.24) is 4.98 Å². The SMILES string of the molecule is CCOC=Cc1nc(C(=O)O)ccc1NC(=O)OCc1ccccc1. The van der Waals surface area contributed by atoms with Gasteiger partial charge in [-0.3, -0.25) is 5.32 Å². The van der Waals surface area contributed by atoms with Gasteiger partial charge in [0.15, 0.2) is 0 Å². The molecule has 1 aromatic heterocycles. The van der Waals surface area contributed by atoms with Crippen LogP contribution in [0.4, 0.5) is 10.5 Å². The quantitative estimate of drug-likeness (QED) is 0.747. The normalized spacial score (nSPS) is 10.4. The molecule has 1 amide bonds. The molecular weight excluding hydrogens is 324 g/mol. The van der Waals surface area contributed by atoms with Crippen LogP contribution in [0.25, 0.3) is 6.08 Å². The van der Waals surface area contributed by atoms with Crippen LogP contribution in [-0.2, 0) is 16.1 Å². The lowest BCUT2D eigenvalue weighted by atomic mass is 10.2. The van der Waals surface area contributed by atoms with Crippen LogP contribution >= 0.6 is 0 Å². The van der Waals surface area contributed by atoms with Crippen molar-refractivity contribution >= 4 is 23.8 Å². The summed E-state index contributed by atoms with van der Waals surface area (Å²) in [7, 11) is 0. The summed E-state index contributed by atoms with van der Waals surface area (Å²) in [6.07, 6.45) is 2.19. The van der Waals surface area contributed by atoms with Gasteiger partial charge in [-0.2, -0.15) is 0 Å². The Labute approximate surface area is 144 Å². The van der Waals surface area contributed by atoms with Gasteiger partial charge in [0.05, 0.1) is 24.3 Å². The van der Waals surface area contributed by atoms with Gasteiger partial charge in [-0.05, 0) is 24.6 Å². The summed E-state index contributed by atoms with van der Waals surface area (Å²) in [5.74, 6) is -1.16. The van der Waals surface area contributed by atoms with Gasteiger partial charge in [0, 0.05) is 6.08 Å². The first-order chi connectivity index (χ1) is 12.1. The summed E-state index contributed by atoms with van der Waals surface area (Å²) in [6.45, 7) is 2.39. The van der Waals surface area contributed by atoms with Crippen LogP contribution in [0.5, 0.6) is 0 Å². The fourth-order valence-electron chi connectivity index (χ4n) is 1.90. The van der Waals surface area contributed by atoms with E-state index in [0.29, 0.717) is 12.3 Å². The number of amides is 1. The minimum absolute atomic E-state index is 0.122. The molecule has 2 aromatic rings. The first-order valence-electron chi connectivity index (χ1n) is 7.60. The molecule has 2 rings (SSSR count). The number of aromatic nitrogens is 1. The molecule has 2 N–H and O–H groups in total. The molecule has 0 bridgehead atoms. The Morgan fingerprint density at radius 1 is 1.20 bits per heavy atom. The number of carbonyl (C=O) groups is 2. The Bertz CT molecular complexity index is 759. The van der Waals surface area contributed by atoms with E-state index >= 15 is 0 Å². The van der Waals surface area contributed by atoms with Crippen molar-refractivity contribution in [3.05, 3.63) is 65.7 Å². The average Bonchev–Trinajstić information content (AvgIpc) is 2.62. The fraction of sp³-hybridized carbons (Fsp3) is 0.167. The van der Waals surface area contributed by atoms with Gasteiger partial charge in [-0.25, -0.2) is 14.6 Å². The third kappa shape index (κ3) is 5.65. The third-order valence-electron chi connectivity index (χ3n) is 3.08. The molecule has 0 radical (unpaired) electrons. The lowest BCUT2D eigenvalue weighted by molar-refractivity contribution is 0.0690. The highest BCUT2D eigenvalue weighted by molar-refractivity contribution is 5.90. The molecular formula is C18H18N2O5. The highest BCUT2D eigenvalue weighted by Gasteiger charge is 2.12. The predicted molar refractivity (Wildman–Crippen MR) is 92.1 cm³/mol. The number of pyridine rings is 1. The minimum atomic E-state index is -1.16. The Balaban J connectivity index is 2.08. The molecule has 0 spiro atoms. The van der Waals surface area contributed by atoms with Gasteiger partial charge >= 0.3 is 12.1 Å². The highest BCUT2D eigenvalue weighted by atomic mass is 16.5. The average molecular weight is 342 g/mol. The number of aromatic carboxylic acids is 1. The van der Waals surface area contributed by atoms with Crippen molar-refractivity contribution in [3.8, 4) is 0 Å². The summed E-state index contributed by atoms with van der Waals surface area (Å²) in [5.41, 5.74) is 1.29. The zero-order chi connectivity index (χ0) is 18.1. The lowest BCUT2D eigenvalue weighted by Crippen LogP contribution is -2.15. The molecule has 25 heavy (non-hydrogen) atoms. The van der Waals surface area contributed by atoms with Crippen LogP contribution < -0.4 is 5.32 Å². The number of nitrogens with zero attached hydrogens (tertiary/aromatic N) is 1. The predicted octanol–water partition coefficient (Wildman–Crippen LogP) is 3.54. The second kappa shape index (κ2) is 9.07. The molecule has 0 saturated heterocycles. The molecule has 0 atom stereocenters. The Kier molecular flexibility index (Phi) is 6.53. The first kappa shape index (κ1) is 18.0. The molecule has 7 nitrogen and oxygen atoms in total. The van der Waals surface area contributed by atoms with Crippen molar-refractivity contribution in [1.29, 1.82) is 0 Å². The van der Waals surface area contributed by atoms with Crippen LogP contribution in [0.2, 0.25) is 0 Å². The number of ether oxygens (including phenoxy) is 2. The molecule has 0 fully saturated rings. The zero-order valence-corrected chi connectivity index (χ0v) is 13.6. The van der Waals surface area contributed by atoms with Crippen molar-refractivity contribution in [2.24, 2.45) is 0 Å². The fourth-order valence-corrected chi connectivity index (χ4v) is 1.90. The number of nitrogens with one attached hydrogen (secondary N) is 1. The largest absolute Gasteiger partial charge is 0.501 e. The number of benzene rings is 1. The van der Waals surface area contributed by atoms with Gasteiger partial charge in [0.2, 0.25) is 0 Å². The van der Waals surface area contributed by atoms with Gasteiger partial charge in [0.1, 0.15) is 12.3 Å². The van der Waals surface area contributed by atoms with E-state index in [-0.39, 0.29) is 18.0 Å². The molecule has 130 valence electrons. The second-order valence-corrected chi connectivity index (χ2v) is 4.88. The van der Waals surface area contributed by atoms with Gasteiger partial charge in [-0.1, -0.05) is 30.3 Å². The summed E-state index contributed by atoms with van der Waals surface area (Å²) < 4.78 is 10.2. The van der Waals surface area contributed by atoms with Crippen LogP contribution in [0.1, 0.15) is 28.7 Å². The van der Waals surface area contributed by atoms with Crippen molar-refractivity contribution in [2.75, 3.05) is 11.9 Å². The second-order valence-electron chi connectivity index (χ2n) is 4.88. The number of hydrogen-bond acceptors (Lipinski definition) is 5. The van der Waals surface area contributed by atoms with E-state index in [9.17, 15) is 9.59 Å². The lowest BCUT2D eigenvalue weighted by Gasteiger charge is -2.10. The summed E-state index contributed by atoms with van der Waals surface area (Å²) in [5, 5.41) is 11.6. The topological polar surface area (TPSA) is 97.8 Å². The van der Waals surface area contributed by atoms with Gasteiger partial charge in [0.25, 0.3) is 0 Å². The van der Waals surface area contributed by atoms with Crippen LogP contribution in [0, 0.1) is 0 Å². The standard InChI is InChI=1S/C18H18N2O5/c1-2-24-11-10-15-14(8-9-16(19-15)17(21)22)20-18(23)25-12-13-6-4-3-5-7-13/h3-11H,2,12H2,1H3,(H,20,23)(H,21,22). The maximum atomic E-state index is 12.0. The number of carbonyl (C=O) groups excluding carboxylic acids is 1. The summed E-state index contributed by atoms with van der Waals surface area (Å²) in [6, 6.07) is 12.0. The first-order valence-corrected chi connectivity index (χ1v) is 7.60. The number of carboxylic acid groups (broad SMARTS) is 1. The molecule has 1 heterocycles. The molecule has 1 aromatic carbocycles. The number of rotatable bonds is 7. The van der Waals surface area contributed by atoms with Crippen LogP contribution in [0.3, 0.4) is 0 Å². The molecule has 0 saturated carbocycles. The van der Waals surface area contributed by atoms with E-state index in [2.05, 4.69) is 10.3 Å². The maximum absolute atomic E-state index is 12.0. The molecule has 0 unspecified atom stereocenters. The van der Waals surface area contributed by atoms with Crippen molar-refractivity contribution in [2.45, 2.75) is 13.5 Å². The monoisotopic (exact) mass is 342 g/mol. The van der Waals surface area contributed by atoms with Gasteiger partial charge in [-0.15, -0.1) is 0 Å².